The summed E-state index contributed by atoms with van der Waals surface area (Å²) in [6, 6.07) is 9.44. The van der Waals surface area contributed by atoms with Crippen molar-refractivity contribution >= 4 is 18.0 Å². The monoisotopic (exact) mass is 276 g/mol. The molecule has 0 spiro atoms. The van der Waals surface area contributed by atoms with E-state index in [-0.39, 0.29) is 5.97 Å². The first kappa shape index (κ1) is 16.0. The lowest BCUT2D eigenvalue weighted by Crippen LogP contribution is -2.29. The lowest BCUT2D eigenvalue weighted by Gasteiger charge is -2.18. The maximum absolute atomic E-state index is 11.7. The molecule has 4 nitrogen and oxygen atoms in total. The molecule has 0 saturated carbocycles. The smallest absolute Gasteiger partial charge is 0.331 e. The number of esters is 2. The fourth-order valence-corrected chi connectivity index (χ4v) is 1.52. The minimum absolute atomic E-state index is 0.317. The first-order chi connectivity index (χ1) is 9.54. The Kier molecular flexibility index (Phi) is 6.50. The topological polar surface area (TPSA) is 52.6 Å². The molecule has 1 aromatic rings. The summed E-state index contributed by atoms with van der Waals surface area (Å²) in [6.07, 6.45) is 2.50. The van der Waals surface area contributed by atoms with Gasteiger partial charge >= 0.3 is 11.9 Å². The summed E-state index contributed by atoms with van der Waals surface area (Å²) in [6.45, 7) is 5.41. The van der Waals surface area contributed by atoms with Crippen molar-refractivity contribution in [1.29, 1.82) is 0 Å². The normalized spacial score (nSPS) is 13.8. The third-order valence-corrected chi connectivity index (χ3v) is 2.88. The van der Waals surface area contributed by atoms with E-state index >= 15 is 0 Å². The van der Waals surface area contributed by atoms with Crippen molar-refractivity contribution in [3.63, 3.8) is 0 Å². The Morgan fingerprint density at radius 2 is 1.85 bits per heavy atom. The maximum atomic E-state index is 11.7. The Hall–Kier alpha value is -2.10. The van der Waals surface area contributed by atoms with Crippen LogP contribution in [0.5, 0.6) is 0 Å². The summed E-state index contributed by atoms with van der Waals surface area (Å²) >= 11 is 0. The van der Waals surface area contributed by atoms with Crippen molar-refractivity contribution in [3.05, 3.63) is 42.0 Å². The van der Waals surface area contributed by atoms with Crippen LogP contribution in [0.4, 0.5) is 0 Å². The molecule has 0 heterocycles. The Morgan fingerprint density at radius 3 is 2.45 bits per heavy atom. The molecule has 0 aromatic heterocycles. The highest BCUT2D eigenvalue weighted by Gasteiger charge is 2.23. The van der Waals surface area contributed by atoms with Gasteiger partial charge in [-0.3, -0.25) is 4.79 Å². The van der Waals surface area contributed by atoms with Gasteiger partial charge in [-0.25, -0.2) is 4.79 Å². The molecule has 108 valence electrons. The van der Waals surface area contributed by atoms with E-state index in [1.54, 1.807) is 26.8 Å². The Balaban J connectivity index is 2.49. The molecule has 2 unspecified atom stereocenters. The van der Waals surface area contributed by atoms with Crippen molar-refractivity contribution in [2.45, 2.75) is 26.9 Å². The van der Waals surface area contributed by atoms with E-state index in [0.29, 0.717) is 6.61 Å². The molecule has 0 radical (unpaired) electrons. The summed E-state index contributed by atoms with van der Waals surface area (Å²) in [4.78, 5) is 23.2. The Morgan fingerprint density at radius 1 is 1.20 bits per heavy atom. The molecular formula is C16H20O4. The van der Waals surface area contributed by atoms with Crippen LogP contribution in [0, 0.1) is 5.92 Å². The van der Waals surface area contributed by atoms with Crippen molar-refractivity contribution < 1.29 is 19.1 Å². The number of hydrogen-bond donors (Lipinski definition) is 0. The van der Waals surface area contributed by atoms with E-state index < -0.39 is 18.0 Å². The highest BCUT2D eigenvalue weighted by atomic mass is 16.6. The Labute approximate surface area is 119 Å². The van der Waals surface area contributed by atoms with Gasteiger partial charge in [-0.05, 0) is 32.4 Å². The zero-order chi connectivity index (χ0) is 15.0. The summed E-state index contributed by atoms with van der Waals surface area (Å²) in [7, 11) is 0. The molecule has 0 aliphatic carbocycles. The summed E-state index contributed by atoms with van der Waals surface area (Å²) in [5.41, 5.74) is 0.913. The van der Waals surface area contributed by atoms with Crippen molar-refractivity contribution in [2.75, 3.05) is 6.61 Å². The quantitative estimate of drug-likeness (QED) is 0.592. The average Bonchev–Trinajstić information content (AvgIpc) is 2.45. The lowest BCUT2D eigenvalue weighted by molar-refractivity contribution is -0.156. The molecule has 1 rings (SSSR count). The molecule has 0 amide bonds. The van der Waals surface area contributed by atoms with Gasteiger partial charge in [0.1, 0.15) is 6.10 Å². The number of carbonyl (C=O) groups excluding carboxylic acids is 2. The van der Waals surface area contributed by atoms with Crippen molar-refractivity contribution in [3.8, 4) is 0 Å². The number of hydrogen-bond acceptors (Lipinski definition) is 4. The average molecular weight is 276 g/mol. The minimum atomic E-state index is -0.526. The third-order valence-electron chi connectivity index (χ3n) is 2.88. The predicted molar refractivity (Wildman–Crippen MR) is 76.8 cm³/mol. The first-order valence-corrected chi connectivity index (χ1v) is 6.65. The first-order valence-electron chi connectivity index (χ1n) is 6.65. The molecule has 0 aliphatic heterocycles. The van der Waals surface area contributed by atoms with Gasteiger partial charge in [0, 0.05) is 6.08 Å². The molecule has 0 saturated heterocycles. The van der Waals surface area contributed by atoms with Crippen LogP contribution in [0.15, 0.2) is 36.4 Å². The van der Waals surface area contributed by atoms with Gasteiger partial charge in [0.2, 0.25) is 0 Å². The van der Waals surface area contributed by atoms with Gasteiger partial charge in [0.15, 0.2) is 0 Å². The number of ether oxygens (including phenoxy) is 2. The second-order valence-corrected chi connectivity index (χ2v) is 4.43. The number of rotatable bonds is 6. The highest BCUT2D eigenvalue weighted by Crippen LogP contribution is 2.10. The van der Waals surface area contributed by atoms with Gasteiger partial charge in [-0.15, -0.1) is 0 Å². The molecule has 0 bridgehead atoms. The largest absolute Gasteiger partial charge is 0.466 e. The van der Waals surface area contributed by atoms with Crippen LogP contribution in [-0.4, -0.2) is 24.6 Å². The molecule has 4 heteroatoms. The SMILES string of the molecule is CCOC(=O)C(C)C(C)OC(=O)/C=C/c1ccccc1. The van der Waals surface area contributed by atoms with Gasteiger partial charge in [0.05, 0.1) is 12.5 Å². The van der Waals surface area contributed by atoms with Crippen LogP contribution < -0.4 is 0 Å². The standard InChI is InChI=1S/C16H20O4/c1-4-19-16(18)12(2)13(3)20-15(17)11-10-14-8-6-5-7-9-14/h5-13H,4H2,1-3H3/b11-10+. The molecule has 2 atom stereocenters. The van der Waals surface area contributed by atoms with Gasteiger partial charge < -0.3 is 9.47 Å². The van der Waals surface area contributed by atoms with Crippen LogP contribution in [0.1, 0.15) is 26.3 Å². The molecule has 0 fully saturated rings. The second-order valence-electron chi connectivity index (χ2n) is 4.43. The van der Waals surface area contributed by atoms with Crippen LogP contribution in [0.25, 0.3) is 6.08 Å². The van der Waals surface area contributed by atoms with E-state index in [4.69, 9.17) is 9.47 Å². The van der Waals surface area contributed by atoms with Crippen molar-refractivity contribution in [2.24, 2.45) is 5.92 Å². The fourth-order valence-electron chi connectivity index (χ4n) is 1.52. The summed E-state index contributed by atoms with van der Waals surface area (Å²) in [5.74, 6) is -1.32. The zero-order valence-electron chi connectivity index (χ0n) is 12.0. The summed E-state index contributed by atoms with van der Waals surface area (Å²) < 4.78 is 10.1. The van der Waals surface area contributed by atoms with E-state index in [1.165, 1.54) is 6.08 Å². The zero-order valence-corrected chi connectivity index (χ0v) is 12.0. The Bertz CT molecular complexity index is 465. The predicted octanol–water partition coefficient (Wildman–Crippen LogP) is 2.83. The van der Waals surface area contributed by atoms with Crippen LogP contribution >= 0.6 is 0 Å². The lowest BCUT2D eigenvalue weighted by atomic mass is 10.1. The van der Waals surface area contributed by atoms with Crippen LogP contribution in [0.3, 0.4) is 0 Å². The highest BCUT2D eigenvalue weighted by molar-refractivity contribution is 5.87. The minimum Gasteiger partial charge on any atom is -0.466 e. The fraction of sp³-hybridized carbons (Fsp3) is 0.375. The molecule has 1 aromatic carbocycles. The van der Waals surface area contributed by atoms with Gasteiger partial charge in [-0.1, -0.05) is 30.3 Å². The van der Waals surface area contributed by atoms with E-state index in [0.717, 1.165) is 5.56 Å². The molecular weight excluding hydrogens is 256 g/mol. The van der Waals surface area contributed by atoms with Crippen LogP contribution in [0.2, 0.25) is 0 Å². The summed E-state index contributed by atoms with van der Waals surface area (Å²) in [5, 5.41) is 0. The maximum Gasteiger partial charge on any atom is 0.331 e. The van der Waals surface area contributed by atoms with E-state index in [9.17, 15) is 9.59 Å². The van der Waals surface area contributed by atoms with Crippen molar-refractivity contribution in [1.82, 2.24) is 0 Å². The molecule has 0 N–H and O–H groups in total. The van der Waals surface area contributed by atoms with Gasteiger partial charge in [-0.2, -0.15) is 0 Å². The molecule has 0 aliphatic rings. The van der Waals surface area contributed by atoms with Crippen LogP contribution in [-0.2, 0) is 19.1 Å². The van der Waals surface area contributed by atoms with E-state index in [2.05, 4.69) is 0 Å². The number of benzene rings is 1. The molecule has 20 heavy (non-hydrogen) atoms. The third kappa shape index (κ3) is 5.26. The number of carbonyl (C=O) groups is 2. The van der Waals surface area contributed by atoms with Gasteiger partial charge in [0.25, 0.3) is 0 Å². The van der Waals surface area contributed by atoms with E-state index in [1.807, 2.05) is 30.3 Å². The second kappa shape index (κ2) is 8.15.